The molecular weight excluding hydrogens is 393 g/mol. The molecule has 0 amide bonds. The van der Waals surface area contributed by atoms with Crippen molar-refractivity contribution in [1.82, 2.24) is 0 Å². The zero-order valence-electron chi connectivity index (χ0n) is 13.6. The van der Waals surface area contributed by atoms with E-state index in [0.717, 1.165) is 20.8 Å². The van der Waals surface area contributed by atoms with Gasteiger partial charge in [0.1, 0.15) is 12.7 Å². The van der Waals surface area contributed by atoms with Crippen molar-refractivity contribution in [3.8, 4) is 0 Å². The molecule has 0 aromatic heterocycles. The zero-order chi connectivity index (χ0) is 20.3. The molecule has 0 aromatic carbocycles. The predicted molar refractivity (Wildman–Crippen MR) is 72.5 cm³/mol. The first kappa shape index (κ1) is 22.1. The highest BCUT2D eigenvalue weighted by Gasteiger charge is 2.56. The van der Waals surface area contributed by atoms with Gasteiger partial charge in [-0.15, -0.1) is 0 Å². The van der Waals surface area contributed by atoms with E-state index in [1.165, 1.54) is 0 Å². The number of alkyl halides is 3. The summed E-state index contributed by atoms with van der Waals surface area (Å²) in [4.78, 5) is 33.3. The van der Waals surface area contributed by atoms with E-state index in [9.17, 15) is 36.0 Å². The lowest BCUT2D eigenvalue weighted by molar-refractivity contribution is -0.172. The topological polar surface area (TPSA) is 132 Å². The van der Waals surface area contributed by atoms with Crippen molar-refractivity contribution in [2.24, 2.45) is 0 Å². The summed E-state index contributed by atoms with van der Waals surface area (Å²) < 4.78 is 82.9. The summed E-state index contributed by atoms with van der Waals surface area (Å²) in [5, 5.41) is 0. The van der Waals surface area contributed by atoms with E-state index in [1.54, 1.807) is 0 Å². The van der Waals surface area contributed by atoms with Crippen LogP contribution in [0.1, 0.15) is 20.8 Å². The Morgan fingerprint density at radius 3 is 1.88 bits per heavy atom. The number of carbonyl (C=O) groups is 3. The first-order valence-corrected chi connectivity index (χ1v) is 8.28. The van der Waals surface area contributed by atoms with Crippen molar-refractivity contribution >= 4 is 28.0 Å². The summed E-state index contributed by atoms with van der Waals surface area (Å²) in [5.41, 5.74) is -5.78. The quantitative estimate of drug-likeness (QED) is 0.256. The number of rotatable bonds is 6. The number of ether oxygens (including phenoxy) is 4. The third kappa shape index (κ3) is 5.81. The van der Waals surface area contributed by atoms with Gasteiger partial charge in [0.25, 0.3) is 0 Å². The second-order valence-corrected chi connectivity index (χ2v) is 6.55. The van der Waals surface area contributed by atoms with Crippen molar-refractivity contribution < 1.29 is 59.1 Å². The lowest BCUT2D eigenvalue weighted by atomic mass is 10.1. The Balaban J connectivity index is 3.14. The van der Waals surface area contributed by atoms with Gasteiger partial charge in [0.2, 0.25) is 6.29 Å². The zero-order valence-corrected chi connectivity index (χ0v) is 14.5. The summed E-state index contributed by atoms with van der Waals surface area (Å²) in [6.45, 7) is 2.20. The number of esters is 3. The molecule has 0 bridgehead atoms. The van der Waals surface area contributed by atoms with Gasteiger partial charge in [0.15, 0.2) is 12.2 Å². The van der Waals surface area contributed by atoms with E-state index >= 15 is 0 Å². The number of hydrogen-bond acceptors (Lipinski definition) is 10. The van der Waals surface area contributed by atoms with Gasteiger partial charge in [-0.3, -0.25) is 14.4 Å². The molecule has 1 aliphatic heterocycles. The minimum atomic E-state index is -6.12. The monoisotopic (exact) mass is 408 g/mol. The fourth-order valence-electron chi connectivity index (χ4n) is 1.93. The van der Waals surface area contributed by atoms with Gasteiger partial charge >= 0.3 is 33.5 Å². The SMILES string of the molecule is CC(=O)OC[C@H]1O[C@@H](OS(=O)(=O)C(F)(F)F)[C@H](OC(C)=O)[C@@H]1OC(C)=O. The maximum Gasteiger partial charge on any atom is 0.523 e. The minimum Gasteiger partial charge on any atom is -0.463 e. The largest absolute Gasteiger partial charge is 0.523 e. The Morgan fingerprint density at radius 1 is 0.962 bits per heavy atom. The third-order valence-corrected chi connectivity index (χ3v) is 3.84. The maximum absolute atomic E-state index is 12.5. The van der Waals surface area contributed by atoms with Crippen LogP contribution in [0.5, 0.6) is 0 Å². The molecule has 150 valence electrons. The standard InChI is InChI=1S/C12H15F3O10S/c1-5(16)21-4-8-9(22-6(2)17)10(23-7(3)18)11(24-8)25-26(19,20)12(13,14)15/h8-11H,4H2,1-3H3/t8-,9-,10-,11+/m1/s1. The molecular formula is C12H15F3O10S. The van der Waals surface area contributed by atoms with Crippen LogP contribution in [0.15, 0.2) is 0 Å². The number of halogens is 3. The molecule has 0 spiro atoms. The van der Waals surface area contributed by atoms with Crippen molar-refractivity contribution in [2.45, 2.75) is 50.9 Å². The highest BCUT2D eigenvalue weighted by atomic mass is 32.2. The van der Waals surface area contributed by atoms with Crippen LogP contribution >= 0.6 is 0 Å². The lowest BCUT2D eigenvalue weighted by Gasteiger charge is -2.23. The fraction of sp³-hybridized carbons (Fsp3) is 0.750. The molecule has 0 N–H and O–H groups in total. The van der Waals surface area contributed by atoms with Gasteiger partial charge in [-0.25, -0.2) is 4.18 Å². The summed E-state index contributed by atoms with van der Waals surface area (Å²) >= 11 is 0. The minimum absolute atomic E-state index is 0.628. The molecule has 10 nitrogen and oxygen atoms in total. The first-order chi connectivity index (χ1) is 11.7. The molecule has 0 saturated carbocycles. The van der Waals surface area contributed by atoms with Crippen LogP contribution in [-0.4, -0.2) is 63.0 Å². The van der Waals surface area contributed by atoms with E-state index in [0.29, 0.717) is 0 Å². The van der Waals surface area contributed by atoms with Crippen molar-refractivity contribution in [1.29, 1.82) is 0 Å². The molecule has 0 radical (unpaired) electrons. The molecule has 1 fully saturated rings. The highest BCUT2D eigenvalue weighted by Crippen LogP contribution is 2.33. The molecule has 0 aromatic rings. The van der Waals surface area contributed by atoms with Gasteiger partial charge in [0.05, 0.1) is 0 Å². The fourth-order valence-corrected chi connectivity index (χ4v) is 2.45. The average Bonchev–Trinajstić information content (AvgIpc) is 2.71. The average molecular weight is 408 g/mol. The van der Waals surface area contributed by atoms with Crippen molar-refractivity contribution in [2.75, 3.05) is 6.61 Å². The second kappa shape index (κ2) is 8.18. The Kier molecular flexibility index (Phi) is 6.95. The van der Waals surface area contributed by atoms with Gasteiger partial charge in [-0.2, -0.15) is 21.6 Å². The molecule has 4 atom stereocenters. The summed E-state index contributed by atoms with van der Waals surface area (Å²) in [6.07, 6.45) is -7.16. The predicted octanol–water partition coefficient (Wildman–Crippen LogP) is 0.00400. The van der Waals surface area contributed by atoms with E-state index in [-0.39, 0.29) is 0 Å². The maximum atomic E-state index is 12.5. The van der Waals surface area contributed by atoms with Gasteiger partial charge < -0.3 is 18.9 Å². The Hall–Kier alpha value is -1.93. The van der Waals surface area contributed by atoms with Crippen LogP contribution in [0.25, 0.3) is 0 Å². The van der Waals surface area contributed by atoms with Crippen LogP contribution in [0.2, 0.25) is 0 Å². The smallest absolute Gasteiger partial charge is 0.463 e. The lowest BCUT2D eigenvalue weighted by Crippen LogP contribution is -2.43. The van der Waals surface area contributed by atoms with E-state index in [4.69, 9.17) is 14.2 Å². The number of carbonyl (C=O) groups excluding carboxylic acids is 3. The van der Waals surface area contributed by atoms with Gasteiger partial charge in [0, 0.05) is 20.8 Å². The van der Waals surface area contributed by atoms with Crippen LogP contribution < -0.4 is 0 Å². The molecule has 1 heterocycles. The number of hydrogen-bond donors (Lipinski definition) is 0. The van der Waals surface area contributed by atoms with Crippen LogP contribution in [0.4, 0.5) is 13.2 Å². The second-order valence-electron chi connectivity index (χ2n) is 4.99. The molecule has 0 unspecified atom stereocenters. The van der Waals surface area contributed by atoms with Crippen molar-refractivity contribution in [3.63, 3.8) is 0 Å². The molecule has 26 heavy (non-hydrogen) atoms. The molecule has 1 saturated heterocycles. The molecule has 0 aliphatic carbocycles. The normalized spacial score (nSPS) is 26.2. The van der Waals surface area contributed by atoms with E-state index < -0.39 is 64.7 Å². The van der Waals surface area contributed by atoms with E-state index in [2.05, 4.69) is 8.92 Å². The van der Waals surface area contributed by atoms with Gasteiger partial charge in [-0.1, -0.05) is 0 Å². The van der Waals surface area contributed by atoms with Crippen LogP contribution in [-0.2, 0) is 47.6 Å². The van der Waals surface area contributed by atoms with Gasteiger partial charge in [-0.05, 0) is 0 Å². The molecule has 1 aliphatic rings. The van der Waals surface area contributed by atoms with Crippen molar-refractivity contribution in [3.05, 3.63) is 0 Å². The highest BCUT2D eigenvalue weighted by molar-refractivity contribution is 7.87. The summed E-state index contributed by atoms with van der Waals surface area (Å²) in [5.74, 6) is -2.78. The Labute approximate surface area is 145 Å². The Morgan fingerprint density at radius 2 is 1.46 bits per heavy atom. The van der Waals surface area contributed by atoms with Crippen LogP contribution in [0, 0.1) is 0 Å². The van der Waals surface area contributed by atoms with Crippen LogP contribution in [0.3, 0.4) is 0 Å². The molecule has 14 heteroatoms. The first-order valence-electron chi connectivity index (χ1n) is 6.87. The van der Waals surface area contributed by atoms with E-state index in [1.807, 2.05) is 0 Å². The summed E-state index contributed by atoms with van der Waals surface area (Å²) in [6, 6.07) is 0. The Bertz CT molecular complexity index is 659. The third-order valence-electron chi connectivity index (χ3n) is 2.83. The summed E-state index contributed by atoms with van der Waals surface area (Å²) in [7, 11) is -6.12. The molecule has 1 rings (SSSR count).